The lowest BCUT2D eigenvalue weighted by atomic mass is 9.89. The molecule has 0 spiro atoms. The maximum atomic E-state index is 11.7. The van der Waals surface area contributed by atoms with Crippen LogP contribution < -0.4 is 5.32 Å². The number of aliphatic carboxylic acids is 1. The first kappa shape index (κ1) is 15.0. The predicted molar refractivity (Wildman–Crippen MR) is 70.8 cm³/mol. The number of benzene rings is 1. The first-order valence-corrected chi connectivity index (χ1v) is 5.87. The van der Waals surface area contributed by atoms with Gasteiger partial charge >= 0.3 is 5.97 Å². The highest BCUT2D eigenvalue weighted by Crippen LogP contribution is 2.23. The minimum absolute atomic E-state index is 0.160. The molecular formula is C13H13ClN2O3. The van der Waals surface area contributed by atoms with Gasteiger partial charge in [0.15, 0.2) is 0 Å². The van der Waals surface area contributed by atoms with Crippen LogP contribution in [-0.4, -0.2) is 17.0 Å². The monoisotopic (exact) mass is 280 g/mol. The molecule has 6 heteroatoms. The Labute approximate surface area is 115 Å². The van der Waals surface area contributed by atoms with Gasteiger partial charge in [-0.25, -0.2) is 0 Å². The predicted octanol–water partition coefficient (Wildman–Crippen LogP) is 2.65. The molecule has 1 aromatic carbocycles. The zero-order valence-corrected chi connectivity index (χ0v) is 11.3. The molecule has 0 unspecified atom stereocenters. The zero-order valence-electron chi connectivity index (χ0n) is 10.5. The molecular weight excluding hydrogens is 268 g/mol. The highest BCUT2D eigenvalue weighted by Gasteiger charge is 2.30. The van der Waals surface area contributed by atoms with Crippen molar-refractivity contribution in [2.75, 3.05) is 5.32 Å². The number of amides is 1. The van der Waals surface area contributed by atoms with Crippen LogP contribution in [0.4, 0.5) is 5.69 Å². The summed E-state index contributed by atoms with van der Waals surface area (Å²) in [6, 6.07) is 6.39. The summed E-state index contributed by atoms with van der Waals surface area (Å²) in [7, 11) is 0. The molecule has 19 heavy (non-hydrogen) atoms. The smallest absolute Gasteiger partial charge is 0.309 e. The number of halogens is 1. The van der Waals surface area contributed by atoms with Gasteiger partial charge in [0.05, 0.1) is 16.0 Å². The van der Waals surface area contributed by atoms with Gasteiger partial charge in [-0.15, -0.1) is 0 Å². The Morgan fingerprint density at radius 2 is 2.11 bits per heavy atom. The van der Waals surface area contributed by atoms with Crippen LogP contribution in [0.2, 0.25) is 5.02 Å². The van der Waals surface area contributed by atoms with Gasteiger partial charge in [0, 0.05) is 12.1 Å². The summed E-state index contributed by atoms with van der Waals surface area (Å²) < 4.78 is 0. The Kier molecular flexibility index (Phi) is 4.52. The minimum atomic E-state index is -1.14. The Morgan fingerprint density at radius 1 is 1.47 bits per heavy atom. The van der Waals surface area contributed by atoms with E-state index in [4.69, 9.17) is 22.0 Å². The molecule has 0 aliphatic carbocycles. The molecule has 0 saturated carbocycles. The molecule has 2 N–H and O–H groups in total. The normalized spacial score (nSPS) is 10.6. The quantitative estimate of drug-likeness (QED) is 0.887. The second-order valence-corrected chi connectivity index (χ2v) is 5.13. The fraction of sp³-hybridized carbons (Fsp3) is 0.308. The van der Waals surface area contributed by atoms with Gasteiger partial charge in [0.2, 0.25) is 5.91 Å². The van der Waals surface area contributed by atoms with Crippen molar-refractivity contribution in [2.24, 2.45) is 5.41 Å². The Morgan fingerprint density at radius 3 is 2.63 bits per heavy atom. The Hall–Kier alpha value is -2.06. The van der Waals surface area contributed by atoms with E-state index in [0.29, 0.717) is 10.7 Å². The molecule has 0 aromatic heterocycles. The van der Waals surface area contributed by atoms with Crippen LogP contribution in [0.25, 0.3) is 0 Å². The fourth-order valence-corrected chi connectivity index (χ4v) is 1.53. The number of anilines is 1. The topological polar surface area (TPSA) is 90.2 Å². The number of nitriles is 1. The van der Waals surface area contributed by atoms with Crippen LogP contribution in [0.15, 0.2) is 18.2 Å². The number of carbonyl (C=O) groups is 2. The van der Waals surface area contributed by atoms with Crippen LogP contribution in [-0.2, 0) is 9.59 Å². The average Bonchev–Trinajstić information content (AvgIpc) is 2.30. The van der Waals surface area contributed by atoms with Crippen LogP contribution in [0, 0.1) is 16.7 Å². The highest BCUT2D eigenvalue weighted by molar-refractivity contribution is 6.31. The molecule has 0 radical (unpaired) electrons. The lowest BCUT2D eigenvalue weighted by molar-refractivity contribution is -0.148. The number of hydrogen-bond donors (Lipinski definition) is 2. The van der Waals surface area contributed by atoms with Crippen molar-refractivity contribution in [1.82, 2.24) is 0 Å². The summed E-state index contributed by atoms with van der Waals surface area (Å²) in [5, 5.41) is 20.6. The fourth-order valence-electron chi connectivity index (χ4n) is 1.37. The van der Waals surface area contributed by atoms with E-state index in [1.807, 2.05) is 6.07 Å². The number of hydrogen-bond acceptors (Lipinski definition) is 3. The second kappa shape index (κ2) is 5.72. The van der Waals surface area contributed by atoms with Crippen LogP contribution in [0.1, 0.15) is 25.8 Å². The van der Waals surface area contributed by atoms with Gasteiger partial charge < -0.3 is 10.4 Å². The van der Waals surface area contributed by atoms with Crippen LogP contribution in [0.5, 0.6) is 0 Å². The molecule has 0 fully saturated rings. The van der Waals surface area contributed by atoms with E-state index < -0.39 is 17.3 Å². The molecule has 0 heterocycles. The first-order valence-electron chi connectivity index (χ1n) is 5.49. The maximum Gasteiger partial charge on any atom is 0.309 e. The third-order valence-electron chi connectivity index (χ3n) is 2.55. The van der Waals surface area contributed by atoms with Crippen molar-refractivity contribution < 1.29 is 14.7 Å². The van der Waals surface area contributed by atoms with E-state index in [9.17, 15) is 9.59 Å². The molecule has 100 valence electrons. The van der Waals surface area contributed by atoms with Gasteiger partial charge in [0.1, 0.15) is 6.07 Å². The molecule has 1 rings (SSSR count). The standard InChI is InChI=1S/C13H13ClN2O3/c1-13(2,12(18)19)6-11(17)16-9-3-4-10(14)8(5-9)7-15/h3-5H,6H2,1-2H3,(H,16,17)(H,18,19). The first-order chi connectivity index (χ1) is 8.76. The van der Waals surface area contributed by atoms with Crippen LogP contribution >= 0.6 is 11.6 Å². The van der Waals surface area contributed by atoms with E-state index in [0.717, 1.165) is 0 Å². The molecule has 1 amide bonds. The summed E-state index contributed by atoms with van der Waals surface area (Å²) in [6.07, 6.45) is -0.160. The summed E-state index contributed by atoms with van der Waals surface area (Å²) in [5.41, 5.74) is -0.488. The number of carboxylic acid groups (broad SMARTS) is 1. The second-order valence-electron chi connectivity index (χ2n) is 4.72. The summed E-state index contributed by atoms with van der Waals surface area (Å²) in [6.45, 7) is 2.94. The van der Waals surface area contributed by atoms with Crippen molar-refractivity contribution in [3.8, 4) is 6.07 Å². The Balaban J connectivity index is 2.79. The number of carbonyl (C=O) groups excluding carboxylic acids is 1. The van der Waals surface area contributed by atoms with E-state index in [1.54, 1.807) is 6.07 Å². The van der Waals surface area contributed by atoms with Crippen molar-refractivity contribution in [2.45, 2.75) is 20.3 Å². The molecule has 0 saturated heterocycles. The maximum absolute atomic E-state index is 11.7. The Bertz CT molecular complexity index is 561. The average molecular weight is 281 g/mol. The summed E-state index contributed by atoms with van der Waals surface area (Å²) >= 11 is 5.77. The van der Waals surface area contributed by atoms with Gasteiger partial charge in [0.25, 0.3) is 0 Å². The molecule has 0 aliphatic rings. The van der Waals surface area contributed by atoms with Crippen molar-refractivity contribution in [3.05, 3.63) is 28.8 Å². The van der Waals surface area contributed by atoms with E-state index in [2.05, 4.69) is 5.32 Å². The van der Waals surface area contributed by atoms with Crippen molar-refractivity contribution in [1.29, 1.82) is 5.26 Å². The molecule has 5 nitrogen and oxygen atoms in total. The largest absolute Gasteiger partial charge is 0.481 e. The van der Waals surface area contributed by atoms with Crippen molar-refractivity contribution in [3.63, 3.8) is 0 Å². The lowest BCUT2D eigenvalue weighted by Gasteiger charge is -2.18. The van der Waals surface area contributed by atoms with Gasteiger partial charge in [-0.1, -0.05) is 11.6 Å². The third kappa shape index (κ3) is 3.97. The third-order valence-corrected chi connectivity index (χ3v) is 2.88. The molecule has 0 bridgehead atoms. The van der Waals surface area contributed by atoms with E-state index in [1.165, 1.54) is 26.0 Å². The van der Waals surface area contributed by atoms with Gasteiger partial charge in [-0.05, 0) is 32.0 Å². The zero-order chi connectivity index (χ0) is 14.6. The molecule has 0 aliphatic heterocycles. The number of nitrogens with one attached hydrogen (secondary N) is 1. The summed E-state index contributed by atoms with van der Waals surface area (Å²) in [5.74, 6) is -1.48. The number of nitrogens with zero attached hydrogens (tertiary/aromatic N) is 1. The summed E-state index contributed by atoms with van der Waals surface area (Å²) in [4.78, 5) is 22.6. The van der Waals surface area contributed by atoms with Crippen LogP contribution in [0.3, 0.4) is 0 Å². The van der Waals surface area contributed by atoms with Crippen molar-refractivity contribution >= 4 is 29.2 Å². The SMILES string of the molecule is CC(C)(CC(=O)Nc1ccc(Cl)c(C#N)c1)C(=O)O. The number of carboxylic acids is 1. The molecule has 0 atom stereocenters. The van der Waals surface area contributed by atoms with E-state index >= 15 is 0 Å². The van der Waals surface area contributed by atoms with Gasteiger partial charge in [-0.3, -0.25) is 9.59 Å². The minimum Gasteiger partial charge on any atom is -0.481 e. The van der Waals surface area contributed by atoms with E-state index in [-0.39, 0.29) is 12.0 Å². The van der Waals surface area contributed by atoms with Gasteiger partial charge in [-0.2, -0.15) is 5.26 Å². The lowest BCUT2D eigenvalue weighted by Crippen LogP contribution is -2.29. The highest BCUT2D eigenvalue weighted by atomic mass is 35.5. The molecule has 1 aromatic rings. The number of rotatable bonds is 4.